The molecule has 0 unspecified atom stereocenters. The van der Waals surface area contributed by atoms with Crippen molar-refractivity contribution in [1.82, 2.24) is 20.1 Å². The molecule has 3 heterocycles. The number of para-hydroxylation sites is 1. The summed E-state index contributed by atoms with van der Waals surface area (Å²) in [6, 6.07) is 11.0. The molecule has 2 amide bonds. The van der Waals surface area contributed by atoms with Crippen molar-refractivity contribution in [3.8, 4) is 0 Å². The Kier molecular flexibility index (Phi) is 3.87. The van der Waals surface area contributed by atoms with Crippen molar-refractivity contribution in [1.29, 1.82) is 0 Å². The number of carbonyl (C=O) groups excluding carboxylic acids is 1. The van der Waals surface area contributed by atoms with Crippen LogP contribution in [0.5, 0.6) is 0 Å². The SMILES string of the molecule is O=C1NCCN1C1CCN(Cc2cccc3cccnc23)CC1. The molecule has 23 heavy (non-hydrogen) atoms. The molecule has 2 aromatic rings. The first-order valence-corrected chi connectivity index (χ1v) is 8.41. The standard InChI is InChI=1S/C18H22N4O/c23-18-20-9-12-22(18)16-6-10-21(11-7-16)13-15-4-1-3-14-5-2-8-19-17(14)15/h1-5,8,16H,6-7,9-13H2,(H,20,23). The maximum absolute atomic E-state index is 11.8. The molecule has 2 aliphatic rings. The highest BCUT2D eigenvalue weighted by Gasteiger charge is 2.30. The number of nitrogens with zero attached hydrogens (tertiary/aromatic N) is 3. The van der Waals surface area contributed by atoms with E-state index in [4.69, 9.17) is 0 Å². The highest BCUT2D eigenvalue weighted by atomic mass is 16.2. The number of pyridine rings is 1. The maximum atomic E-state index is 11.8. The lowest BCUT2D eigenvalue weighted by atomic mass is 10.0. The fourth-order valence-corrected chi connectivity index (χ4v) is 3.76. The van der Waals surface area contributed by atoms with Crippen LogP contribution in [-0.2, 0) is 6.54 Å². The number of carbonyl (C=O) groups is 1. The second kappa shape index (κ2) is 6.16. The summed E-state index contributed by atoms with van der Waals surface area (Å²) in [5, 5.41) is 4.11. The lowest BCUT2D eigenvalue weighted by molar-refractivity contribution is 0.132. The summed E-state index contributed by atoms with van der Waals surface area (Å²) in [6.07, 6.45) is 3.99. The minimum Gasteiger partial charge on any atom is -0.336 e. The van der Waals surface area contributed by atoms with E-state index in [0.29, 0.717) is 6.04 Å². The summed E-state index contributed by atoms with van der Waals surface area (Å²) in [7, 11) is 0. The second-order valence-electron chi connectivity index (χ2n) is 6.42. The fourth-order valence-electron chi connectivity index (χ4n) is 3.76. The summed E-state index contributed by atoms with van der Waals surface area (Å²) >= 11 is 0. The third-order valence-corrected chi connectivity index (χ3v) is 5.00. The van der Waals surface area contributed by atoms with Crippen molar-refractivity contribution < 1.29 is 4.79 Å². The van der Waals surface area contributed by atoms with E-state index in [1.807, 2.05) is 17.2 Å². The van der Waals surface area contributed by atoms with E-state index in [9.17, 15) is 4.79 Å². The van der Waals surface area contributed by atoms with E-state index < -0.39 is 0 Å². The molecular weight excluding hydrogens is 288 g/mol. The first kappa shape index (κ1) is 14.5. The molecule has 5 nitrogen and oxygen atoms in total. The topological polar surface area (TPSA) is 48.5 Å². The number of hydrogen-bond acceptors (Lipinski definition) is 3. The average Bonchev–Trinajstić information content (AvgIpc) is 3.02. The van der Waals surface area contributed by atoms with Gasteiger partial charge in [-0.2, -0.15) is 0 Å². The molecule has 5 heteroatoms. The number of likely N-dealkylation sites (tertiary alicyclic amines) is 1. The van der Waals surface area contributed by atoms with E-state index in [-0.39, 0.29) is 6.03 Å². The molecule has 0 saturated carbocycles. The fraction of sp³-hybridized carbons (Fsp3) is 0.444. The quantitative estimate of drug-likeness (QED) is 0.946. The first-order valence-electron chi connectivity index (χ1n) is 8.41. The first-order chi connectivity index (χ1) is 11.3. The summed E-state index contributed by atoms with van der Waals surface area (Å²) < 4.78 is 0. The molecule has 120 valence electrons. The van der Waals surface area contributed by atoms with Crippen molar-refractivity contribution >= 4 is 16.9 Å². The van der Waals surface area contributed by atoms with Crippen LogP contribution in [0.2, 0.25) is 0 Å². The molecule has 1 aromatic carbocycles. The minimum atomic E-state index is 0.113. The van der Waals surface area contributed by atoms with E-state index in [1.54, 1.807) is 0 Å². The normalized spacial score (nSPS) is 20.2. The van der Waals surface area contributed by atoms with Crippen LogP contribution in [0.3, 0.4) is 0 Å². The zero-order valence-electron chi connectivity index (χ0n) is 13.2. The maximum Gasteiger partial charge on any atom is 0.317 e. The molecule has 2 fully saturated rings. The van der Waals surface area contributed by atoms with Crippen LogP contribution >= 0.6 is 0 Å². The predicted octanol–water partition coefficient (Wildman–Crippen LogP) is 2.22. The molecule has 0 bridgehead atoms. The van der Waals surface area contributed by atoms with Crippen molar-refractivity contribution in [2.75, 3.05) is 26.2 Å². The minimum absolute atomic E-state index is 0.113. The van der Waals surface area contributed by atoms with Gasteiger partial charge >= 0.3 is 6.03 Å². The van der Waals surface area contributed by atoms with E-state index >= 15 is 0 Å². The smallest absolute Gasteiger partial charge is 0.317 e. The van der Waals surface area contributed by atoms with Gasteiger partial charge in [-0.05, 0) is 24.5 Å². The highest BCUT2D eigenvalue weighted by molar-refractivity contribution is 5.81. The van der Waals surface area contributed by atoms with Gasteiger partial charge in [-0.15, -0.1) is 0 Å². The van der Waals surface area contributed by atoms with Gasteiger partial charge < -0.3 is 10.2 Å². The third-order valence-electron chi connectivity index (χ3n) is 5.00. The van der Waals surface area contributed by atoms with Gasteiger partial charge in [0.2, 0.25) is 0 Å². The van der Waals surface area contributed by atoms with E-state index in [2.05, 4.69) is 39.5 Å². The number of urea groups is 1. The molecule has 0 atom stereocenters. The summed E-state index contributed by atoms with van der Waals surface area (Å²) in [5.41, 5.74) is 2.40. The molecule has 0 aliphatic carbocycles. The van der Waals surface area contributed by atoms with Crippen molar-refractivity contribution in [3.63, 3.8) is 0 Å². The Morgan fingerprint density at radius 3 is 2.74 bits per heavy atom. The lowest BCUT2D eigenvalue weighted by Gasteiger charge is -2.36. The van der Waals surface area contributed by atoms with Crippen molar-refractivity contribution in [2.45, 2.75) is 25.4 Å². The van der Waals surface area contributed by atoms with E-state index in [0.717, 1.165) is 51.1 Å². The zero-order valence-corrected chi connectivity index (χ0v) is 13.2. The van der Waals surface area contributed by atoms with Crippen LogP contribution in [-0.4, -0.2) is 53.0 Å². The number of aromatic nitrogens is 1. The zero-order chi connectivity index (χ0) is 15.6. The number of hydrogen-bond donors (Lipinski definition) is 1. The van der Waals surface area contributed by atoms with Gasteiger partial charge in [0.25, 0.3) is 0 Å². The Morgan fingerprint density at radius 1 is 1.13 bits per heavy atom. The van der Waals surface area contributed by atoms with Crippen LogP contribution in [0.1, 0.15) is 18.4 Å². The van der Waals surface area contributed by atoms with Crippen LogP contribution < -0.4 is 5.32 Å². The second-order valence-corrected chi connectivity index (χ2v) is 6.42. The Labute approximate surface area is 136 Å². The number of rotatable bonds is 3. The number of piperidine rings is 1. The van der Waals surface area contributed by atoms with Crippen molar-refractivity contribution in [3.05, 3.63) is 42.1 Å². The van der Waals surface area contributed by atoms with Crippen LogP contribution in [0.25, 0.3) is 10.9 Å². The molecule has 2 saturated heterocycles. The largest absolute Gasteiger partial charge is 0.336 e. The monoisotopic (exact) mass is 310 g/mol. The van der Waals surface area contributed by atoms with Crippen molar-refractivity contribution in [2.24, 2.45) is 0 Å². The Hall–Kier alpha value is -2.14. The number of amides is 2. The molecule has 2 aliphatic heterocycles. The number of benzene rings is 1. The lowest BCUT2D eigenvalue weighted by Crippen LogP contribution is -2.45. The van der Waals surface area contributed by atoms with Crippen LogP contribution in [0, 0.1) is 0 Å². The molecule has 0 spiro atoms. The number of fused-ring (bicyclic) bond motifs is 1. The Morgan fingerprint density at radius 2 is 1.96 bits per heavy atom. The van der Waals surface area contributed by atoms with Gasteiger partial charge in [-0.25, -0.2) is 4.79 Å². The average molecular weight is 310 g/mol. The molecular formula is C18H22N4O. The third kappa shape index (κ3) is 2.88. The van der Waals surface area contributed by atoms with Gasteiger partial charge in [0, 0.05) is 50.3 Å². The van der Waals surface area contributed by atoms with E-state index in [1.165, 1.54) is 10.9 Å². The molecule has 1 aromatic heterocycles. The van der Waals surface area contributed by atoms with Gasteiger partial charge in [-0.3, -0.25) is 9.88 Å². The molecule has 1 N–H and O–H groups in total. The van der Waals surface area contributed by atoms with Gasteiger partial charge in [0.15, 0.2) is 0 Å². The summed E-state index contributed by atoms with van der Waals surface area (Å²) in [5.74, 6) is 0. The molecule has 4 rings (SSSR count). The summed E-state index contributed by atoms with van der Waals surface area (Å²) in [4.78, 5) is 20.8. The van der Waals surface area contributed by atoms with Gasteiger partial charge in [-0.1, -0.05) is 24.3 Å². The Balaban J connectivity index is 1.42. The van der Waals surface area contributed by atoms with Crippen LogP contribution in [0.15, 0.2) is 36.5 Å². The predicted molar refractivity (Wildman–Crippen MR) is 90.1 cm³/mol. The highest BCUT2D eigenvalue weighted by Crippen LogP contribution is 2.22. The Bertz CT molecular complexity index is 704. The molecule has 0 radical (unpaired) electrons. The number of nitrogens with one attached hydrogen (secondary N) is 1. The summed E-state index contributed by atoms with van der Waals surface area (Å²) in [6.45, 7) is 4.67. The van der Waals surface area contributed by atoms with Gasteiger partial charge in [0.1, 0.15) is 0 Å². The van der Waals surface area contributed by atoms with Gasteiger partial charge in [0.05, 0.1) is 5.52 Å². The van der Waals surface area contributed by atoms with Crippen LogP contribution in [0.4, 0.5) is 4.79 Å².